The van der Waals surface area contributed by atoms with Crippen LogP contribution in [0.1, 0.15) is 35.6 Å². The molecule has 6 nitrogen and oxygen atoms in total. The number of carbonyl (C=O) groups is 1. The van der Waals surface area contributed by atoms with Gasteiger partial charge >= 0.3 is 12.2 Å². The van der Waals surface area contributed by atoms with Crippen LogP contribution in [0.5, 0.6) is 0 Å². The molecule has 1 aliphatic rings. The minimum absolute atomic E-state index is 0.0114. The molecule has 0 saturated heterocycles. The number of rotatable bonds is 5. The van der Waals surface area contributed by atoms with Crippen molar-refractivity contribution in [3.05, 3.63) is 57.1 Å². The largest absolute Gasteiger partial charge is 0.412 e. The quantitative estimate of drug-likeness (QED) is 0.673. The lowest BCUT2D eigenvalue weighted by atomic mass is 10.0. The van der Waals surface area contributed by atoms with Gasteiger partial charge in [0, 0.05) is 25.8 Å². The van der Waals surface area contributed by atoms with E-state index in [1.807, 2.05) is 6.92 Å². The molecule has 0 fully saturated rings. The lowest BCUT2D eigenvalue weighted by Gasteiger charge is -2.31. The van der Waals surface area contributed by atoms with E-state index in [2.05, 4.69) is 15.3 Å². The summed E-state index contributed by atoms with van der Waals surface area (Å²) in [6.07, 6.45) is -2.16. The lowest BCUT2D eigenvalue weighted by molar-refractivity contribution is -0.155. The zero-order valence-electron chi connectivity index (χ0n) is 16.6. The number of halogens is 5. The summed E-state index contributed by atoms with van der Waals surface area (Å²) in [6, 6.07) is 0.438. The van der Waals surface area contributed by atoms with Crippen LogP contribution in [0.25, 0.3) is 0 Å². The Balaban J connectivity index is 1.76. The minimum atomic E-state index is -4.73. The third-order valence-corrected chi connectivity index (χ3v) is 5.74. The zero-order chi connectivity index (χ0) is 22.8. The van der Waals surface area contributed by atoms with Gasteiger partial charge in [-0.3, -0.25) is 0 Å². The van der Waals surface area contributed by atoms with Crippen LogP contribution in [0.4, 0.5) is 18.0 Å². The fraction of sp³-hybridized carbons (Fsp3) is 0.450. The molecule has 3 rings (SSSR count). The zero-order valence-corrected chi connectivity index (χ0v) is 18.1. The van der Waals surface area contributed by atoms with Crippen LogP contribution in [0.2, 0.25) is 10.0 Å². The van der Waals surface area contributed by atoms with Crippen LogP contribution in [-0.4, -0.2) is 45.3 Å². The number of carbonyl (C=O) groups excluding carboxylic acids is 1. The van der Waals surface area contributed by atoms with Crippen molar-refractivity contribution >= 4 is 29.2 Å². The van der Waals surface area contributed by atoms with Gasteiger partial charge in [0.15, 0.2) is 6.04 Å². The minimum Gasteiger partial charge on any atom is -0.396 e. The van der Waals surface area contributed by atoms with Gasteiger partial charge in [-0.25, -0.2) is 14.8 Å². The second-order valence-electron chi connectivity index (χ2n) is 7.52. The Morgan fingerprint density at radius 1 is 1.32 bits per heavy atom. The Bertz CT molecular complexity index is 959. The van der Waals surface area contributed by atoms with E-state index in [0.717, 1.165) is 11.6 Å². The molecular formula is C20H21Cl2F3N4O2. The van der Waals surface area contributed by atoms with Crippen molar-refractivity contribution < 1.29 is 23.1 Å². The highest BCUT2D eigenvalue weighted by Gasteiger charge is 2.43. The number of aliphatic hydroxyl groups is 1. The molecule has 0 radical (unpaired) electrons. The van der Waals surface area contributed by atoms with Gasteiger partial charge in [0.1, 0.15) is 5.82 Å². The third kappa shape index (κ3) is 5.78. The monoisotopic (exact) mass is 476 g/mol. The number of amides is 2. The molecule has 1 aromatic heterocycles. The molecule has 1 aromatic carbocycles. The Hall–Kier alpha value is -2.10. The van der Waals surface area contributed by atoms with Crippen LogP contribution < -0.4 is 5.32 Å². The summed E-state index contributed by atoms with van der Waals surface area (Å²) in [5.41, 5.74) is 1.23. The van der Waals surface area contributed by atoms with Crippen molar-refractivity contribution in [3.8, 4) is 0 Å². The predicted molar refractivity (Wildman–Crippen MR) is 110 cm³/mol. The van der Waals surface area contributed by atoms with Crippen LogP contribution >= 0.6 is 23.2 Å². The average molecular weight is 477 g/mol. The van der Waals surface area contributed by atoms with Gasteiger partial charge in [-0.2, -0.15) is 13.2 Å². The molecule has 0 spiro atoms. The molecule has 1 aliphatic heterocycles. The number of nitrogens with one attached hydrogen (secondary N) is 1. The highest BCUT2D eigenvalue weighted by Crippen LogP contribution is 2.35. The predicted octanol–water partition coefficient (Wildman–Crippen LogP) is 4.33. The molecule has 0 bridgehead atoms. The first-order valence-electron chi connectivity index (χ1n) is 9.60. The summed E-state index contributed by atoms with van der Waals surface area (Å²) in [7, 11) is 0. The number of nitrogens with zero attached hydrogens (tertiary/aromatic N) is 3. The van der Waals surface area contributed by atoms with Crippen molar-refractivity contribution in [2.75, 3.05) is 13.2 Å². The van der Waals surface area contributed by atoms with Crippen LogP contribution in [-0.2, 0) is 19.4 Å². The summed E-state index contributed by atoms with van der Waals surface area (Å²) in [4.78, 5) is 22.7. The van der Waals surface area contributed by atoms with E-state index >= 15 is 0 Å². The van der Waals surface area contributed by atoms with Crippen LogP contribution in [0.15, 0.2) is 24.4 Å². The lowest BCUT2D eigenvalue weighted by Crippen LogP contribution is -2.47. The Kier molecular flexibility index (Phi) is 7.28. The first kappa shape index (κ1) is 23.6. The van der Waals surface area contributed by atoms with Crippen LogP contribution in [0.3, 0.4) is 0 Å². The summed E-state index contributed by atoms with van der Waals surface area (Å²) < 4.78 is 41.0. The van der Waals surface area contributed by atoms with E-state index in [9.17, 15) is 23.1 Å². The molecule has 0 unspecified atom stereocenters. The first-order chi connectivity index (χ1) is 14.6. The van der Waals surface area contributed by atoms with Gasteiger partial charge in [-0.15, -0.1) is 0 Å². The molecular weight excluding hydrogens is 456 g/mol. The van der Waals surface area contributed by atoms with Gasteiger partial charge in [0.25, 0.3) is 0 Å². The molecule has 0 aliphatic carbocycles. The Morgan fingerprint density at radius 3 is 2.71 bits per heavy atom. The number of hydrogen-bond donors (Lipinski definition) is 2. The van der Waals surface area contributed by atoms with Gasteiger partial charge in [-0.1, -0.05) is 36.2 Å². The van der Waals surface area contributed by atoms with E-state index in [1.54, 1.807) is 6.20 Å². The average Bonchev–Trinajstić information content (AvgIpc) is 2.72. The van der Waals surface area contributed by atoms with Crippen molar-refractivity contribution in [1.29, 1.82) is 0 Å². The summed E-state index contributed by atoms with van der Waals surface area (Å²) >= 11 is 11.7. The van der Waals surface area contributed by atoms with E-state index in [-0.39, 0.29) is 41.2 Å². The van der Waals surface area contributed by atoms with Crippen molar-refractivity contribution in [2.24, 2.45) is 5.92 Å². The SMILES string of the molecule is C[C@@H](CO)Cc1ncc2c(n1)CN(C(=O)N[C@@H](c1ccc(Cl)c(Cl)c1)C(F)(F)F)CC2. The van der Waals surface area contributed by atoms with E-state index in [0.29, 0.717) is 24.4 Å². The summed E-state index contributed by atoms with van der Waals surface area (Å²) in [5.74, 6) is 0.492. The van der Waals surface area contributed by atoms with Crippen LogP contribution in [0, 0.1) is 5.92 Å². The molecule has 2 atom stereocenters. The molecule has 11 heteroatoms. The maximum absolute atomic E-state index is 13.7. The highest BCUT2D eigenvalue weighted by molar-refractivity contribution is 6.42. The molecule has 168 valence electrons. The standard InChI is InChI=1S/C20H21Cl2F3N4O2/c1-11(10-30)6-17-26-8-13-4-5-29(9-16(13)27-17)19(31)28-18(20(23,24)25)12-2-3-14(21)15(22)7-12/h2-3,7-8,11,18,30H,4-6,9-10H2,1H3,(H,28,31)/t11-,18+/m1/s1. The highest BCUT2D eigenvalue weighted by atomic mass is 35.5. The van der Waals surface area contributed by atoms with E-state index in [1.165, 1.54) is 17.0 Å². The molecule has 2 amide bonds. The maximum atomic E-state index is 13.7. The molecule has 2 N–H and O–H groups in total. The van der Waals surface area contributed by atoms with Gasteiger partial charge in [0.05, 0.1) is 22.3 Å². The maximum Gasteiger partial charge on any atom is 0.412 e. The molecule has 31 heavy (non-hydrogen) atoms. The van der Waals surface area contributed by atoms with E-state index in [4.69, 9.17) is 23.2 Å². The second kappa shape index (κ2) is 9.58. The van der Waals surface area contributed by atoms with Crippen molar-refractivity contribution in [3.63, 3.8) is 0 Å². The van der Waals surface area contributed by atoms with Crippen molar-refractivity contribution in [2.45, 2.75) is 38.5 Å². The fourth-order valence-electron chi connectivity index (χ4n) is 3.25. The number of alkyl halides is 3. The van der Waals surface area contributed by atoms with E-state index < -0.39 is 18.2 Å². The number of benzene rings is 1. The number of fused-ring (bicyclic) bond motifs is 1. The topological polar surface area (TPSA) is 78.4 Å². The summed E-state index contributed by atoms with van der Waals surface area (Å²) in [6.45, 7) is 2.14. The smallest absolute Gasteiger partial charge is 0.396 e. The molecule has 2 aromatic rings. The van der Waals surface area contributed by atoms with Crippen molar-refractivity contribution in [1.82, 2.24) is 20.2 Å². The second-order valence-corrected chi connectivity index (χ2v) is 8.33. The van der Waals surface area contributed by atoms with Gasteiger partial charge in [0.2, 0.25) is 0 Å². The number of aliphatic hydroxyl groups excluding tert-OH is 1. The Labute approximate surface area is 187 Å². The molecule has 0 saturated carbocycles. The Morgan fingerprint density at radius 2 is 2.06 bits per heavy atom. The normalized spacial score (nSPS) is 15.9. The van der Waals surface area contributed by atoms with Gasteiger partial charge in [-0.05, 0) is 35.6 Å². The molecule has 2 heterocycles. The summed E-state index contributed by atoms with van der Waals surface area (Å²) in [5, 5.41) is 11.4. The number of hydrogen-bond acceptors (Lipinski definition) is 4. The number of aromatic nitrogens is 2. The fourth-order valence-corrected chi connectivity index (χ4v) is 3.56. The number of urea groups is 1. The first-order valence-corrected chi connectivity index (χ1v) is 10.4. The third-order valence-electron chi connectivity index (χ3n) is 5.00. The van der Waals surface area contributed by atoms with Gasteiger partial charge < -0.3 is 15.3 Å².